The highest BCUT2D eigenvalue weighted by Crippen LogP contribution is 2.24. The molecule has 0 aromatic carbocycles. The van der Waals surface area contributed by atoms with Gasteiger partial charge in [-0.2, -0.15) is 5.10 Å². The van der Waals surface area contributed by atoms with Gasteiger partial charge in [-0.15, -0.1) is 0 Å². The maximum Gasteiger partial charge on any atom is 0.145 e. The van der Waals surface area contributed by atoms with Crippen molar-refractivity contribution in [3.8, 4) is 0 Å². The molecule has 0 amide bonds. The van der Waals surface area contributed by atoms with Gasteiger partial charge in [-0.1, -0.05) is 18.5 Å². The van der Waals surface area contributed by atoms with Crippen LogP contribution in [0.15, 0.2) is 18.5 Å². The first-order chi connectivity index (χ1) is 9.63. The van der Waals surface area contributed by atoms with E-state index in [-0.39, 0.29) is 6.04 Å². The summed E-state index contributed by atoms with van der Waals surface area (Å²) in [6.07, 6.45) is 5.33. The van der Waals surface area contributed by atoms with Gasteiger partial charge in [0.2, 0.25) is 0 Å². The van der Waals surface area contributed by atoms with E-state index in [0.717, 1.165) is 36.5 Å². The van der Waals surface area contributed by atoms with Gasteiger partial charge in [-0.05, 0) is 32.4 Å². The number of nitrogens with one attached hydrogen (secondary N) is 1. The topological polar surface area (TPSA) is 55.6 Å². The van der Waals surface area contributed by atoms with Crippen LogP contribution in [0.4, 0.5) is 0 Å². The van der Waals surface area contributed by atoms with Crippen LogP contribution in [0.25, 0.3) is 0 Å². The van der Waals surface area contributed by atoms with Crippen LogP contribution in [-0.2, 0) is 13.5 Å². The van der Waals surface area contributed by atoms with Crippen LogP contribution in [0, 0.1) is 6.92 Å². The Labute approximate surface area is 124 Å². The largest absolute Gasteiger partial charge is 0.307 e. The summed E-state index contributed by atoms with van der Waals surface area (Å²) in [4.78, 5) is 8.70. The van der Waals surface area contributed by atoms with E-state index in [1.807, 2.05) is 20.0 Å². The van der Waals surface area contributed by atoms with Gasteiger partial charge in [0.1, 0.15) is 11.0 Å². The third-order valence-electron chi connectivity index (χ3n) is 3.22. The van der Waals surface area contributed by atoms with Crippen molar-refractivity contribution in [2.24, 2.45) is 7.05 Å². The van der Waals surface area contributed by atoms with Crippen LogP contribution in [0.2, 0.25) is 5.15 Å². The highest BCUT2D eigenvalue weighted by Gasteiger charge is 2.19. The highest BCUT2D eigenvalue weighted by atomic mass is 35.5. The molecular weight excluding hydrogens is 274 g/mol. The Morgan fingerprint density at radius 1 is 1.35 bits per heavy atom. The predicted molar refractivity (Wildman–Crippen MR) is 79.7 cm³/mol. The van der Waals surface area contributed by atoms with E-state index in [1.54, 1.807) is 17.1 Å². The molecule has 0 aliphatic carbocycles. The number of rotatable bonds is 6. The van der Waals surface area contributed by atoms with E-state index in [1.165, 1.54) is 0 Å². The molecule has 0 spiro atoms. The number of hydrogen-bond donors (Lipinski definition) is 1. The van der Waals surface area contributed by atoms with Gasteiger partial charge in [0, 0.05) is 25.0 Å². The molecule has 108 valence electrons. The molecule has 6 heteroatoms. The van der Waals surface area contributed by atoms with Crippen molar-refractivity contribution in [2.45, 2.75) is 32.7 Å². The predicted octanol–water partition coefficient (Wildman–Crippen LogP) is 2.46. The van der Waals surface area contributed by atoms with Crippen molar-refractivity contribution < 1.29 is 0 Å². The number of nitrogens with zero attached hydrogens (tertiary/aromatic N) is 4. The number of hydrogen-bond acceptors (Lipinski definition) is 4. The van der Waals surface area contributed by atoms with Gasteiger partial charge < -0.3 is 5.32 Å². The number of halogens is 1. The first kappa shape index (κ1) is 14.9. The zero-order valence-electron chi connectivity index (χ0n) is 12.1. The standard InChI is InChI=1S/C14H20ClN5/c1-4-6-16-12(14-17-7-5-8-18-14)9-11-10(2)19-20(3)13(11)15/h5,7-8,12,16H,4,6,9H2,1-3H3. The molecular formula is C14H20ClN5. The van der Waals surface area contributed by atoms with Crippen molar-refractivity contribution in [1.29, 1.82) is 0 Å². The molecule has 2 rings (SSSR count). The fraction of sp³-hybridized carbons (Fsp3) is 0.500. The molecule has 0 radical (unpaired) electrons. The van der Waals surface area contributed by atoms with E-state index < -0.39 is 0 Å². The first-order valence-electron chi connectivity index (χ1n) is 6.81. The summed E-state index contributed by atoms with van der Waals surface area (Å²) in [5.41, 5.74) is 2.01. The number of aromatic nitrogens is 4. The van der Waals surface area contributed by atoms with Gasteiger partial charge in [-0.25, -0.2) is 9.97 Å². The van der Waals surface area contributed by atoms with Crippen molar-refractivity contribution >= 4 is 11.6 Å². The van der Waals surface area contributed by atoms with E-state index in [2.05, 4.69) is 27.3 Å². The zero-order valence-corrected chi connectivity index (χ0v) is 12.9. The average molecular weight is 294 g/mol. The number of aryl methyl sites for hydroxylation is 2. The lowest BCUT2D eigenvalue weighted by Crippen LogP contribution is -2.26. The van der Waals surface area contributed by atoms with Crippen molar-refractivity contribution in [3.05, 3.63) is 40.7 Å². The summed E-state index contributed by atoms with van der Waals surface area (Å²) >= 11 is 6.31. The summed E-state index contributed by atoms with van der Waals surface area (Å²) < 4.78 is 1.70. The minimum Gasteiger partial charge on any atom is -0.307 e. The molecule has 2 aromatic heterocycles. The van der Waals surface area contributed by atoms with E-state index in [9.17, 15) is 0 Å². The average Bonchev–Trinajstić information content (AvgIpc) is 2.70. The third kappa shape index (κ3) is 3.35. The lowest BCUT2D eigenvalue weighted by molar-refractivity contribution is 0.503. The fourth-order valence-corrected chi connectivity index (χ4v) is 2.43. The Morgan fingerprint density at radius 3 is 2.60 bits per heavy atom. The molecule has 0 fully saturated rings. The Morgan fingerprint density at radius 2 is 2.05 bits per heavy atom. The third-order valence-corrected chi connectivity index (χ3v) is 3.69. The van der Waals surface area contributed by atoms with Crippen LogP contribution in [0.3, 0.4) is 0 Å². The van der Waals surface area contributed by atoms with Crippen LogP contribution < -0.4 is 5.32 Å². The second-order valence-electron chi connectivity index (χ2n) is 4.80. The van der Waals surface area contributed by atoms with E-state index in [4.69, 9.17) is 11.6 Å². The van der Waals surface area contributed by atoms with E-state index in [0.29, 0.717) is 5.15 Å². The van der Waals surface area contributed by atoms with Crippen molar-refractivity contribution in [1.82, 2.24) is 25.1 Å². The molecule has 2 heterocycles. The molecule has 1 unspecified atom stereocenters. The quantitative estimate of drug-likeness (QED) is 0.889. The lowest BCUT2D eigenvalue weighted by atomic mass is 10.1. The van der Waals surface area contributed by atoms with Crippen LogP contribution >= 0.6 is 11.6 Å². The Kier molecular flexibility index (Phi) is 5.09. The Balaban J connectivity index is 2.24. The monoisotopic (exact) mass is 293 g/mol. The van der Waals surface area contributed by atoms with Crippen molar-refractivity contribution in [2.75, 3.05) is 6.54 Å². The minimum absolute atomic E-state index is 0.0524. The summed E-state index contributed by atoms with van der Waals surface area (Å²) in [6.45, 7) is 5.03. The lowest BCUT2D eigenvalue weighted by Gasteiger charge is -2.17. The minimum atomic E-state index is 0.0524. The molecule has 0 aliphatic heterocycles. The first-order valence-corrected chi connectivity index (χ1v) is 7.19. The summed E-state index contributed by atoms with van der Waals surface area (Å²) in [7, 11) is 1.85. The van der Waals surface area contributed by atoms with Gasteiger partial charge in [0.15, 0.2) is 0 Å². The van der Waals surface area contributed by atoms with Gasteiger partial charge in [0.05, 0.1) is 11.7 Å². The molecule has 0 saturated heterocycles. The molecule has 2 aromatic rings. The molecule has 0 bridgehead atoms. The van der Waals surface area contributed by atoms with Crippen molar-refractivity contribution in [3.63, 3.8) is 0 Å². The Hall–Kier alpha value is -1.46. The van der Waals surface area contributed by atoms with Crippen LogP contribution in [0.1, 0.15) is 36.5 Å². The molecule has 5 nitrogen and oxygen atoms in total. The molecule has 20 heavy (non-hydrogen) atoms. The van der Waals surface area contributed by atoms with Gasteiger partial charge in [0.25, 0.3) is 0 Å². The molecule has 1 N–H and O–H groups in total. The maximum atomic E-state index is 6.31. The molecule has 0 saturated carbocycles. The zero-order chi connectivity index (χ0) is 14.5. The van der Waals surface area contributed by atoms with Crippen LogP contribution in [0.5, 0.6) is 0 Å². The molecule has 0 aliphatic rings. The maximum absolute atomic E-state index is 6.31. The second-order valence-corrected chi connectivity index (χ2v) is 5.15. The molecule has 1 atom stereocenters. The SMILES string of the molecule is CCCNC(Cc1c(C)nn(C)c1Cl)c1ncccn1. The van der Waals surface area contributed by atoms with Crippen LogP contribution in [-0.4, -0.2) is 26.3 Å². The smallest absolute Gasteiger partial charge is 0.145 e. The summed E-state index contributed by atoms with van der Waals surface area (Å²) in [6, 6.07) is 1.87. The normalized spacial score (nSPS) is 12.6. The summed E-state index contributed by atoms with van der Waals surface area (Å²) in [5.74, 6) is 0.792. The fourth-order valence-electron chi connectivity index (χ4n) is 2.17. The Bertz CT molecular complexity index is 552. The van der Waals surface area contributed by atoms with Gasteiger partial charge in [-0.3, -0.25) is 4.68 Å². The van der Waals surface area contributed by atoms with Gasteiger partial charge >= 0.3 is 0 Å². The second kappa shape index (κ2) is 6.81. The highest BCUT2D eigenvalue weighted by molar-refractivity contribution is 6.30. The van der Waals surface area contributed by atoms with E-state index >= 15 is 0 Å². The summed E-state index contributed by atoms with van der Waals surface area (Å²) in [5, 5.41) is 8.51.